The summed E-state index contributed by atoms with van der Waals surface area (Å²) in [6, 6.07) is 12.7. The molecule has 0 heterocycles. The van der Waals surface area contributed by atoms with Gasteiger partial charge in [0.2, 0.25) is 21.8 Å². The predicted octanol–water partition coefficient (Wildman–Crippen LogP) is 3.21. The van der Waals surface area contributed by atoms with E-state index in [-0.39, 0.29) is 17.3 Å². The Bertz CT molecular complexity index is 1020. The average molecular weight is 480 g/mol. The van der Waals surface area contributed by atoms with Crippen LogP contribution >= 0.6 is 11.6 Å². The third-order valence-corrected chi connectivity index (χ3v) is 7.16. The van der Waals surface area contributed by atoms with E-state index in [4.69, 9.17) is 11.6 Å². The van der Waals surface area contributed by atoms with Gasteiger partial charge in [-0.2, -0.15) is 4.31 Å². The summed E-state index contributed by atoms with van der Waals surface area (Å²) in [5, 5.41) is 3.18. The molecule has 2 aromatic rings. The normalized spacial score (nSPS) is 12.4. The molecule has 0 saturated heterocycles. The summed E-state index contributed by atoms with van der Waals surface area (Å²) in [4.78, 5) is 27.4. The summed E-state index contributed by atoms with van der Waals surface area (Å²) in [6.45, 7) is 5.84. The van der Waals surface area contributed by atoms with Crippen LogP contribution in [0.25, 0.3) is 0 Å². The van der Waals surface area contributed by atoms with Gasteiger partial charge in [-0.15, -0.1) is 0 Å². The fourth-order valence-electron chi connectivity index (χ4n) is 3.25. The molecule has 1 atom stereocenters. The van der Waals surface area contributed by atoms with Gasteiger partial charge in [-0.05, 0) is 50.1 Å². The summed E-state index contributed by atoms with van der Waals surface area (Å²) in [6.07, 6.45) is 0.400. The number of aryl methyl sites for hydroxylation is 1. The Hall–Kier alpha value is -2.42. The molecule has 9 heteroatoms. The summed E-state index contributed by atoms with van der Waals surface area (Å²) in [5.74, 6) is -0.720. The minimum Gasteiger partial charge on any atom is -0.355 e. The molecule has 0 aliphatic rings. The van der Waals surface area contributed by atoms with Gasteiger partial charge in [-0.25, -0.2) is 8.42 Å². The van der Waals surface area contributed by atoms with Gasteiger partial charge in [0, 0.05) is 25.2 Å². The Morgan fingerprint density at radius 3 is 2.16 bits per heavy atom. The monoisotopic (exact) mass is 479 g/mol. The van der Waals surface area contributed by atoms with E-state index < -0.39 is 28.5 Å². The quantitative estimate of drug-likeness (QED) is 0.566. The summed E-state index contributed by atoms with van der Waals surface area (Å²) >= 11 is 5.85. The van der Waals surface area contributed by atoms with Gasteiger partial charge < -0.3 is 10.2 Å². The van der Waals surface area contributed by atoms with Gasteiger partial charge in [-0.3, -0.25) is 9.59 Å². The van der Waals surface area contributed by atoms with Crippen molar-refractivity contribution in [3.63, 3.8) is 0 Å². The zero-order chi connectivity index (χ0) is 23.9. The smallest absolute Gasteiger partial charge is 0.243 e. The van der Waals surface area contributed by atoms with Crippen molar-refractivity contribution in [3.8, 4) is 0 Å². The Kier molecular flexibility index (Phi) is 9.24. The maximum Gasteiger partial charge on any atom is 0.243 e. The van der Waals surface area contributed by atoms with Gasteiger partial charge in [0.15, 0.2) is 0 Å². The van der Waals surface area contributed by atoms with Gasteiger partial charge >= 0.3 is 0 Å². The maximum absolute atomic E-state index is 13.3. The first-order valence-electron chi connectivity index (χ1n) is 10.4. The molecular weight excluding hydrogens is 450 g/mol. The SMILES string of the molecule is CCNC(=O)C(CC)N(Cc1ccc(C)cc1)C(=O)CN(C)S(=O)(=O)c1ccc(Cl)cc1. The highest BCUT2D eigenvalue weighted by Crippen LogP contribution is 2.19. The highest BCUT2D eigenvalue weighted by molar-refractivity contribution is 7.89. The first-order valence-corrected chi connectivity index (χ1v) is 12.3. The fourth-order valence-corrected chi connectivity index (χ4v) is 4.50. The third kappa shape index (κ3) is 6.54. The molecule has 0 fully saturated rings. The average Bonchev–Trinajstić information content (AvgIpc) is 2.75. The first kappa shape index (κ1) is 25.8. The van der Waals surface area contributed by atoms with E-state index in [1.807, 2.05) is 45.0 Å². The van der Waals surface area contributed by atoms with Gasteiger partial charge in [0.05, 0.1) is 11.4 Å². The van der Waals surface area contributed by atoms with Gasteiger partial charge in [0.25, 0.3) is 0 Å². The summed E-state index contributed by atoms with van der Waals surface area (Å²) < 4.78 is 26.8. The van der Waals surface area contributed by atoms with Crippen LogP contribution < -0.4 is 5.32 Å². The van der Waals surface area contributed by atoms with E-state index in [9.17, 15) is 18.0 Å². The van der Waals surface area contributed by atoms with Crippen molar-refractivity contribution in [2.24, 2.45) is 0 Å². The largest absolute Gasteiger partial charge is 0.355 e. The fraction of sp³-hybridized carbons (Fsp3) is 0.391. The van der Waals surface area contributed by atoms with Crippen LogP contribution in [0.2, 0.25) is 5.02 Å². The number of hydrogen-bond donors (Lipinski definition) is 1. The number of nitrogens with zero attached hydrogens (tertiary/aromatic N) is 2. The standard InChI is InChI=1S/C23H30ClN3O4S/c1-5-21(23(29)25-6-2)27(15-18-9-7-17(3)8-10-18)22(28)16-26(4)32(30,31)20-13-11-19(24)12-14-20/h7-14,21H,5-6,15-16H2,1-4H3,(H,25,29). The minimum atomic E-state index is -3.90. The number of carbonyl (C=O) groups is 2. The van der Waals surface area contributed by atoms with E-state index in [0.717, 1.165) is 15.4 Å². The lowest BCUT2D eigenvalue weighted by molar-refractivity contribution is -0.141. The number of likely N-dealkylation sites (N-methyl/N-ethyl adjacent to an activating group) is 2. The number of amides is 2. The number of hydrogen-bond acceptors (Lipinski definition) is 4. The molecule has 0 aromatic heterocycles. The second kappa shape index (κ2) is 11.4. The Morgan fingerprint density at radius 1 is 1.03 bits per heavy atom. The lowest BCUT2D eigenvalue weighted by atomic mass is 10.1. The predicted molar refractivity (Wildman–Crippen MR) is 126 cm³/mol. The highest BCUT2D eigenvalue weighted by Gasteiger charge is 2.31. The van der Waals surface area contributed by atoms with Crippen LogP contribution in [0.5, 0.6) is 0 Å². The molecule has 0 saturated carbocycles. The van der Waals surface area contributed by atoms with Crippen molar-refractivity contribution in [3.05, 3.63) is 64.7 Å². The summed E-state index contributed by atoms with van der Waals surface area (Å²) in [7, 11) is -2.55. The van der Waals surface area contributed by atoms with Crippen LogP contribution in [-0.2, 0) is 26.2 Å². The molecule has 2 amide bonds. The van der Waals surface area contributed by atoms with E-state index in [1.54, 1.807) is 0 Å². The van der Waals surface area contributed by atoms with Gasteiger partial charge in [0.1, 0.15) is 6.04 Å². The molecule has 174 valence electrons. The molecule has 2 aromatic carbocycles. The number of sulfonamides is 1. The van der Waals surface area contributed by atoms with E-state index in [2.05, 4.69) is 5.32 Å². The molecule has 2 rings (SSSR count). The van der Waals surface area contributed by atoms with E-state index in [1.165, 1.54) is 36.2 Å². The van der Waals surface area contributed by atoms with Crippen LogP contribution in [0.15, 0.2) is 53.4 Å². The molecule has 7 nitrogen and oxygen atoms in total. The molecule has 0 aliphatic heterocycles. The van der Waals surface area contributed by atoms with Crippen molar-refractivity contribution in [1.29, 1.82) is 0 Å². The molecule has 32 heavy (non-hydrogen) atoms. The van der Waals surface area contributed by atoms with Gasteiger partial charge in [-0.1, -0.05) is 48.4 Å². The number of benzene rings is 2. The van der Waals surface area contributed by atoms with Crippen LogP contribution in [0.3, 0.4) is 0 Å². The Labute approximate surface area is 195 Å². The molecule has 0 aliphatic carbocycles. The van der Waals surface area contributed by atoms with Crippen LogP contribution in [0, 0.1) is 6.92 Å². The van der Waals surface area contributed by atoms with E-state index in [0.29, 0.717) is 18.0 Å². The second-order valence-corrected chi connectivity index (χ2v) is 10.0. The lowest BCUT2D eigenvalue weighted by Crippen LogP contribution is -2.51. The highest BCUT2D eigenvalue weighted by atomic mass is 35.5. The zero-order valence-electron chi connectivity index (χ0n) is 18.8. The molecule has 1 unspecified atom stereocenters. The van der Waals surface area contributed by atoms with Crippen molar-refractivity contribution in [2.45, 2.75) is 44.7 Å². The summed E-state index contributed by atoms with van der Waals surface area (Å²) in [5.41, 5.74) is 1.94. The zero-order valence-corrected chi connectivity index (χ0v) is 20.4. The lowest BCUT2D eigenvalue weighted by Gasteiger charge is -2.32. The Morgan fingerprint density at radius 2 is 1.62 bits per heavy atom. The molecule has 1 N–H and O–H groups in total. The van der Waals surface area contributed by atoms with Crippen molar-refractivity contribution < 1.29 is 18.0 Å². The third-order valence-electron chi connectivity index (χ3n) is 5.09. The molecule has 0 bridgehead atoms. The van der Waals surface area contributed by atoms with Crippen LogP contribution in [-0.4, -0.2) is 55.6 Å². The molecule has 0 spiro atoms. The number of halogens is 1. The first-order chi connectivity index (χ1) is 15.1. The van der Waals surface area contributed by atoms with Crippen molar-refractivity contribution in [2.75, 3.05) is 20.1 Å². The topological polar surface area (TPSA) is 86.8 Å². The minimum absolute atomic E-state index is 0.0399. The molecular formula is C23H30ClN3O4S. The molecule has 0 radical (unpaired) electrons. The second-order valence-electron chi connectivity index (χ2n) is 7.54. The number of rotatable bonds is 10. The number of carbonyl (C=O) groups excluding carboxylic acids is 2. The van der Waals surface area contributed by atoms with Crippen molar-refractivity contribution >= 4 is 33.4 Å². The van der Waals surface area contributed by atoms with Crippen LogP contribution in [0.4, 0.5) is 0 Å². The van der Waals surface area contributed by atoms with E-state index >= 15 is 0 Å². The Balaban J connectivity index is 2.30. The van der Waals surface area contributed by atoms with Crippen molar-refractivity contribution in [1.82, 2.24) is 14.5 Å². The van der Waals surface area contributed by atoms with Crippen LogP contribution in [0.1, 0.15) is 31.4 Å². The number of nitrogens with one attached hydrogen (secondary N) is 1. The maximum atomic E-state index is 13.3.